The summed E-state index contributed by atoms with van der Waals surface area (Å²) < 4.78 is 56.1. The number of fused-ring (bicyclic) bond motifs is 5. The van der Waals surface area contributed by atoms with Gasteiger partial charge in [0.2, 0.25) is 0 Å². The first-order valence-corrected chi connectivity index (χ1v) is 12.5. The topological polar surface area (TPSA) is 67.9 Å². The number of hydrogen-bond donors (Lipinski definition) is 1. The van der Waals surface area contributed by atoms with E-state index in [1.165, 1.54) is 12.3 Å². The van der Waals surface area contributed by atoms with E-state index in [-0.39, 0.29) is 30.9 Å². The zero-order chi connectivity index (χ0) is 21.5. The van der Waals surface area contributed by atoms with Crippen LogP contribution in [0.4, 0.5) is 8.78 Å². The van der Waals surface area contributed by atoms with Crippen molar-refractivity contribution in [3.63, 3.8) is 0 Å². The summed E-state index contributed by atoms with van der Waals surface area (Å²) in [4.78, 5) is 13.9. The molecule has 1 aromatic rings. The van der Waals surface area contributed by atoms with Gasteiger partial charge in [0.1, 0.15) is 5.75 Å². The van der Waals surface area contributed by atoms with E-state index >= 15 is 0 Å². The molecular weight excluding hydrogens is 414 g/mol. The van der Waals surface area contributed by atoms with E-state index in [0.29, 0.717) is 12.0 Å². The number of hydrogen-bond acceptors (Lipinski definition) is 4. The van der Waals surface area contributed by atoms with Gasteiger partial charge in [0.15, 0.2) is 0 Å². The van der Waals surface area contributed by atoms with Crippen LogP contribution in [0.25, 0.3) is 0 Å². The molecule has 1 aliphatic carbocycles. The van der Waals surface area contributed by atoms with Crippen LogP contribution >= 0.6 is 0 Å². The zero-order valence-corrected chi connectivity index (χ0v) is 17.8. The standard InChI is InChI=1S/C21H28F2N2O4S/c1-30(2,27)24-17-11-12-25-18(17)13-28-15-9-7-14(8-10-15)16-5-3-4-6-19(16)29-21(22,23)20(25)26/h3-6,14-15,17-18H,1,7-13H2,2H3,(H,24,27)/t14?,15?,17-,18?,30?/m0/s1. The van der Waals surface area contributed by atoms with Crippen LogP contribution in [0.5, 0.6) is 5.75 Å². The number of nitrogens with zero attached hydrogens (tertiary/aromatic N) is 1. The molecule has 3 aliphatic heterocycles. The minimum absolute atomic E-state index is 0.0135. The fourth-order valence-electron chi connectivity index (χ4n) is 4.80. The number of rotatable bonds is 2. The van der Waals surface area contributed by atoms with Crippen molar-refractivity contribution >= 4 is 21.5 Å². The Morgan fingerprint density at radius 1 is 1.20 bits per heavy atom. The monoisotopic (exact) mass is 442 g/mol. The minimum atomic E-state index is -4.01. The van der Waals surface area contributed by atoms with E-state index in [1.807, 2.05) is 0 Å². The number of alkyl halides is 2. The lowest BCUT2D eigenvalue weighted by atomic mass is 9.82. The maximum atomic E-state index is 15.0. The highest BCUT2D eigenvalue weighted by molar-refractivity contribution is 7.97. The predicted molar refractivity (Wildman–Crippen MR) is 111 cm³/mol. The Bertz CT molecular complexity index is 900. The van der Waals surface area contributed by atoms with Crippen LogP contribution in [0.2, 0.25) is 0 Å². The minimum Gasteiger partial charge on any atom is -0.425 e. The lowest BCUT2D eigenvalue weighted by Crippen LogP contribution is -2.54. The van der Waals surface area contributed by atoms with E-state index in [1.54, 1.807) is 18.2 Å². The lowest BCUT2D eigenvalue weighted by molar-refractivity contribution is -0.205. The number of halogens is 2. The molecule has 6 nitrogen and oxygen atoms in total. The van der Waals surface area contributed by atoms with Crippen LogP contribution in [0.1, 0.15) is 43.6 Å². The van der Waals surface area contributed by atoms with Crippen molar-refractivity contribution in [3.8, 4) is 5.75 Å². The van der Waals surface area contributed by atoms with E-state index in [2.05, 4.69) is 10.6 Å². The van der Waals surface area contributed by atoms with Gasteiger partial charge < -0.3 is 14.4 Å². The molecule has 166 valence electrons. The first kappa shape index (κ1) is 21.5. The van der Waals surface area contributed by atoms with E-state index in [0.717, 1.165) is 30.6 Å². The van der Waals surface area contributed by atoms with Gasteiger partial charge >= 0.3 is 12.0 Å². The van der Waals surface area contributed by atoms with Gasteiger partial charge in [0.25, 0.3) is 0 Å². The summed E-state index contributed by atoms with van der Waals surface area (Å²) in [5, 5.41) is 0. The second-order valence-electron chi connectivity index (χ2n) is 8.55. The molecule has 2 unspecified atom stereocenters. The quantitative estimate of drug-likeness (QED) is 0.715. The van der Waals surface area contributed by atoms with Gasteiger partial charge in [-0.05, 0) is 55.5 Å². The summed E-state index contributed by atoms with van der Waals surface area (Å²) in [6, 6.07) is 5.64. The molecule has 9 heteroatoms. The smallest absolute Gasteiger partial charge is 0.425 e. The molecule has 1 amide bonds. The maximum absolute atomic E-state index is 15.0. The van der Waals surface area contributed by atoms with Gasteiger partial charge in [-0.2, -0.15) is 8.78 Å². The molecule has 0 spiro atoms. The molecule has 1 saturated heterocycles. The maximum Gasteiger partial charge on any atom is 0.482 e. The Morgan fingerprint density at radius 2 is 1.90 bits per heavy atom. The van der Waals surface area contributed by atoms with Crippen LogP contribution in [-0.2, 0) is 19.2 Å². The Labute approximate surface area is 176 Å². The van der Waals surface area contributed by atoms with Crippen molar-refractivity contribution in [1.29, 1.82) is 0 Å². The third-order valence-electron chi connectivity index (χ3n) is 6.23. The van der Waals surface area contributed by atoms with Crippen molar-refractivity contribution in [3.05, 3.63) is 29.8 Å². The Morgan fingerprint density at radius 3 is 2.60 bits per heavy atom. The molecule has 1 N–H and O–H groups in total. The van der Waals surface area contributed by atoms with E-state index in [9.17, 15) is 17.8 Å². The molecule has 2 bridgehead atoms. The van der Waals surface area contributed by atoms with Gasteiger partial charge in [-0.1, -0.05) is 18.2 Å². The van der Waals surface area contributed by atoms with Crippen LogP contribution in [0.3, 0.4) is 0 Å². The molecule has 5 rings (SSSR count). The fourth-order valence-corrected chi connectivity index (χ4v) is 5.72. The van der Waals surface area contributed by atoms with Crippen molar-refractivity contribution in [2.24, 2.45) is 0 Å². The molecule has 3 heterocycles. The number of nitrogens with one attached hydrogen (secondary N) is 1. The number of carbonyl (C=O) groups excluding carboxylic acids is 1. The van der Waals surface area contributed by atoms with Gasteiger partial charge in [-0.3, -0.25) is 9.00 Å². The summed E-state index contributed by atoms with van der Waals surface area (Å²) in [5.74, 6) is 2.35. The summed E-state index contributed by atoms with van der Waals surface area (Å²) in [6.45, 7) is 0.214. The van der Waals surface area contributed by atoms with Crippen LogP contribution in [0.15, 0.2) is 24.3 Å². The second kappa shape index (κ2) is 8.09. The molecular formula is C21H28F2N2O4S. The molecule has 0 radical (unpaired) electrons. The van der Waals surface area contributed by atoms with Crippen molar-refractivity contribution in [1.82, 2.24) is 9.62 Å². The zero-order valence-electron chi connectivity index (χ0n) is 17.0. The Balaban J connectivity index is 1.68. The Hall–Kier alpha value is -1.71. The molecule has 0 aromatic heterocycles. The average molecular weight is 443 g/mol. The second-order valence-corrected chi connectivity index (χ2v) is 10.8. The summed E-state index contributed by atoms with van der Waals surface area (Å²) in [7, 11) is -2.57. The van der Waals surface area contributed by atoms with Crippen molar-refractivity contribution in [2.45, 2.75) is 62.3 Å². The summed E-state index contributed by atoms with van der Waals surface area (Å²) in [5.41, 5.74) is 0.711. The molecule has 2 fully saturated rings. The molecule has 1 aromatic carbocycles. The third kappa shape index (κ3) is 4.48. The van der Waals surface area contributed by atoms with E-state index < -0.39 is 33.8 Å². The third-order valence-corrected chi connectivity index (χ3v) is 7.03. The van der Waals surface area contributed by atoms with Gasteiger partial charge in [-0.25, -0.2) is 4.72 Å². The molecule has 3 atom stereocenters. The summed E-state index contributed by atoms with van der Waals surface area (Å²) >= 11 is 0. The first-order chi connectivity index (χ1) is 14.1. The number of benzene rings is 1. The SMILES string of the molecule is C=S(C)(=O)N[C@H]1CCN2C(=O)C(F)(F)Oc3ccccc3C3CCC(CC3)OCC12. The van der Waals surface area contributed by atoms with Gasteiger partial charge in [-0.15, -0.1) is 0 Å². The first-order valence-electron chi connectivity index (χ1n) is 10.3. The average Bonchev–Trinajstić information content (AvgIpc) is 3.06. The normalized spacial score (nSPS) is 33.3. The molecule has 1 saturated carbocycles. The lowest BCUT2D eigenvalue weighted by Gasteiger charge is -2.32. The highest BCUT2D eigenvalue weighted by Crippen LogP contribution is 2.41. The largest absolute Gasteiger partial charge is 0.482 e. The van der Waals surface area contributed by atoms with Crippen LogP contribution in [-0.4, -0.2) is 64.6 Å². The number of ether oxygens (including phenoxy) is 2. The predicted octanol–water partition coefficient (Wildman–Crippen LogP) is 2.53. The molecule has 30 heavy (non-hydrogen) atoms. The number of amides is 1. The highest BCUT2D eigenvalue weighted by Gasteiger charge is 2.51. The van der Waals surface area contributed by atoms with Crippen molar-refractivity contribution < 1.29 is 27.3 Å². The van der Waals surface area contributed by atoms with E-state index in [4.69, 9.17) is 9.47 Å². The van der Waals surface area contributed by atoms with Crippen LogP contribution < -0.4 is 9.46 Å². The Kier molecular flexibility index (Phi) is 5.80. The van der Waals surface area contributed by atoms with Gasteiger partial charge in [0, 0.05) is 28.6 Å². The van der Waals surface area contributed by atoms with Crippen molar-refractivity contribution in [2.75, 3.05) is 19.4 Å². The van der Waals surface area contributed by atoms with Crippen LogP contribution in [0, 0.1) is 0 Å². The highest BCUT2D eigenvalue weighted by atomic mass is 32.2. The fraction of sp³-hybridized carbons (Fsp3) is 0.619. The summed E-state index contributed by atoms with van der Waals surface area (Å²) in [6.07, 6.45) is 1.09. The van der Waals surface area contributed by atoms with Gasteiger partial charge in [0.05, 0.1) is 18.8 Å². The molecule has 4 aliphatic rings. The number of para-hydroxylation sites is 1. The number of carbonyl (C=O) groups is 1.